The molecule has 0 spiro atoms. The van der Waals surface area contributed by atoms with Gasteiger partial charge < -0.3 is 0 Å². The Kier molecular flexibility index (Phi) is 5.98. The summed E-state index contributed by atoms with van der Waals surface area (Å²) in [5, 5.41) is 0. The van der Waals surface area contributed by atoms with Gasteiger partial charge in [-0.05, 0) is 71.4 Å². The van der Waals surface area contributed by atoms with Crippen LogP contribution in [-0.4, -0.2) is 33.7 Å². The maximum absolute atomic E-state index is 13.6. The van der Waals surface area contributed by atoms with Crippen LogP contribution in [0.15, 0.2) is 58.3 Å². The van der Waals surface area contributed by atoms with Crippen LogP contribution in [0, 0.1) is 10.8 Å². The Labute approximate surface area is 204 Å². The van der Waals surface area contributed by atoms with Crippen LogP contribution in [0.3, 0.4) is 0 Å². The van der Waals surface area contributed by atoms with Gasteiger partial charge in [0.2, 0.25) is 10.0 Å². The Morgan fingerprint density at radius 1 is 0.912 bits per heavy atom. The van der Waals surface area contributed by atoms with Crippen molar-refractivity contribution in [1.82, 2.24) is 4.31 Å². The standard InChI is InChI=1S/C26H36N2O4S2/c1-24(2,3)19-10-12-22(13-11-19)33(29,30)27-20-8-7-9-23(14-20)34(31,32)28-18-26(6)16-21(28)15-25(4,5)17-26/h7-14,21,27H,15-18H2,1-6H3/t21-,26+/m1/s1. The van der Waals surface area contributed by atoms with Crippen molar-refractivity contribution in [2.75, 3.05) is 11.3 Å². The highest BCUT2D eigenvalue weighted by Crippen LogP contribution is 2.53. The molecule has 8 heteroatoms. The summed E-state index contributed by atoms with van der Waals surface area (Å²) in [5.74, 6) is 0. The molecule has 4 rings (SSSR count). The summed E-state index contributed by atoms with van der Waals surface area (Å²) in [4.78, 5) is 0.252. The van der Waals surface area contributed by atoms with Crippen molar-refractivity contribution >= 4 is 25.7 Å². The third-order valence-corrected chi connectivity index (χ3v) is 10.4. The lowest BCUT2D eigenvalue weighted by atomic mass is 9.65. The average molecular weight is 505 g/mol. The van der Waals surface area contributed by atoms with E-state index in [0.29, 0.717) is 6.54 Å². The van der Waals surface area contributed by atoms with E-state index in [-0.39, 0.29) is 37.8 Å². The van der Waals surface area contributed by atoms with Crippen molar-refractivity contribution in [2.45, 2.75) is 82.1 Å². The van der Waals surface area contributed by atoms with Gasteiger partial charge >= 0.3 is 0 Å². The van der Waals surface area contributed by atoms with Crippen molar-refractivity contribution in [3.05, 3.63) is 54.1 Å². The molecule has 1 aliphatic carbocycles. The number of anilines is 1. The van der Waals surface area contributed by atoms with Crippen LogP contribution in [0.25, 0.3) is 0 Å². The predicted molar refractivity (Wildman–Crippen MR) is 136 cm³/mol. The maximum Gasteiger partial charge on any atom is 0.261 e. The highest BCUT2D eigenvalue weighted by Gasteiger charge is 2.53. The van der Waals surface area contributed by atoms with Crippen molar-refractivity contribution < 1.29 is 16.8 Å². The summed E-state index contributed by atoms with van der Waals surface area (Å²) in [6.45, 7) is 13.3. The molecular formula is C26H36N2O4S2. The zero-order valence-corrected chi connectivity index (χ0v) is 22.6. The van der Waals surface area contributed by atoms with Crippen LogP contribution in [0.1, 0.15) is 66.4 Å². The number of hydrogen-bond donors (Lipinski definition) is 1. The van der Waals surface area contributed by atoms with Gasteiger partial charge in [-0.3, -0.25) is 4.72 Å². The van der Waals surface area contributed by atoms with E-state index >= 15 is 0 Å². The van der Waals surface area contributed by atoms with E-state index in [4.69, 9.17) is 0 Å². The first-order chi connectivity index (χ1) is 15.5. The molecule has 1 saturated heterocycles. The van der Waals surface area contributed by atoms with Gasteiger partial charge in [-0.2, -0.15) is 4.31 Å². The molecule has 0 unspecified atom stereocenters. The van der Waals surface area contributed by atoms with Gasteiger partial charge in [0.1, 0.15) is 0 Å². The van der Waals surface area contributed by atoms with Gasteiger partial charge in [-0.15, -0.1) is 0 Å². The fourth-order valence-corrected chi connectivity index (χ4v) is 8.76. The number of nitrogens with one attached hydrogen (secondary N) is 1. The number of rotatable bonds is 5. The topological polar surface area (TPSA) is 83.6 Å². The fraction of sp³-hybridized carbons (Fsp3) is 0.538. The SMILES string of the molecule is CC1(C)C[C@@H]2C[C@](C)(CN2S(=O)(=O)c2cccc(NS(=O)(=O)c3ccc(C(C)(C)C)cc3)c2)C1. The maximum atomic E-state index is 13.6. The summed E-state index contributed by atoms with van der Waals surface area (Å²) in [5.41, 5.74) is 1.25. The minimum atomic E-state index is -3.85. The van der Waals surface area contributed by atoms with Crippen molar-refractivity contribution in [1.29, 1.82) is 0 Å². The first-order valence-corrected chi connectivity index (χ1v) is 14.7. The molecule has 2 aromatic carbocycles. The Morgan fingerprint density at radius 3 is 2.18 bits per heavy atom. The van der Waals surface area contributed by atoms with E-state index in [1.807, 2.05) is 12.1 Å². The molecule has 0 amide bonds. The lowest BCUT2D eigenvalue weighted by Crippen LogP contribution is -2.37. The molecule has 34 heavy (non-hydrogen) atoms. The van der Waals surface area contributed by atoms with E-state index in [9.17, 15) is 16.8 Å². The van der Waals surface area contributed by atoms with E-state index in [2.05, 4.69) is 46.3 Å². The molecule has 2 aliphatic rings. The average Bonchev–Trinajstić information content (AvgIpc) is 2.96. The van der Waals surface area contributed by atoms with Crippen molar-refractivity contribution in [3.63, 3.8) is 0 Å². The van der Waals surface area contributed by atoms with Crippen LogP contribution in [0.5, 0.6) is 0 Å². The number of hydrogen-bond acceptors (Lipinski definition) is 4. The molecule has 2 bridgehead atoms. The Balaban J connectivity index is 1.59. The molecule has 2 atom stereocenters. The third-order valence-electron chi connectivity index (χ3n) is 7.09. The molecule has 0 radical (unpaired) electrons. The zero-order valence-electron chi connectivity index (χ0n) is 20.9. The summed E-state index contributed by atoms with van der Waals surface area (Å²) in [7, 11) is -7.60. The summed E-state index contributed by atoms with van der Waals surface area (Å²) in [6.07, 6.45) is 2.70. The normalized spacial score (nSPS) is 25.3. The summed E-state index contributed by atoms with van der Waals surface area (Å²) < 4.78 is 57.3. The Hall–Kier alpha value is -1.90. The quantitative estimate of drug-likeness (QED) is 0.593. The van der Waals surface area contributed by atoms with Crippen LogP contribution < -0.4 is 4.72 Å². The molecule has 1 aliphatic heterocycles. The minimum absolute atomic E-state index is 0.0274. The second kappa shape index (κ2) is 8.07. The third kappa shape index (κ3) is 4.90. The van der Waals surface area contributed by atoms with Crippen LogP contribution in [0.2, 0.25) is 0 Å². The van der Waals surface area contributed by atoms with Crippen LogP contribution in [0.4, 0.5) is 5.69 Å². The highest BCUT2D eigenvalue weighted by atomic mass is 32.2. The molecule has 2 aromatic rings. The first kappa shape index (κ1) is 25.2. The van der Waals surface area contributed by atoms with Crippen LogP contribution >= 0.6 is 0 Å². The molecule has 1 heterocycles. The second-order valence-corrected chi connectivity index (χ2v) is 15.7. The Bertz CT molecular complexity index is 1290. The second-order valence-electron chi connectivity index (χ2n) is 12.2. The number of nitrogens with zero attached hydrogens (tertiary/aromatic N) is 1. The van der Waals surface area contributed by atoms with E-state index in [1.165, 1.54) is 6.07 Å². The van der Waals surface area contributed by atoms with Gasteiger partial charge in [-0.1, -0.05) is 59.7 Å². The van der Waals surface area contributed by atoms with E-state index < -0.39 is 20.0 Å². The molecular weight excluding hydrogens is 468 g/mol. The monoisotopic (exact) mass is 504 g/mol. The smallest absolute Gasteiger partial charge is 0.261 e. The molecule has 6 nitrogen and oxygen atoms in total. The molecule has 0 aromatic heterocycles. The van der Waals surface area contributed by atoms with Gasteiger partial charge in [0.15, 0.2) is 0 Å². The molecule has 1 N–H and O–H groups in total. The number of benzene rings is 2. The fourth-order valence-electron chi connectivity index (χ4n) is 5.89. The minimum Gasteiger partial charge on any atom is -0.280 e. The molecule has 1 saturated carbocycles. The summed E-state index contributed by atoms with van der Waals surface area (Å²) in [6, 6.07) is 12.9. The van der Waals surface area contributed by atoms with E-state index in [1.54, 1.807) is 34.6 Å². The van der Waals surface area contributed by atoms with Gasteiger partial charge in [0.25, 0.3) is 10.0 Å². The number of sulfonamides is 2. The van der Waals surface area contributed by atoms with Gasteiger partial charge in [-0.25, -0.2) is 16.8 Å². The van der Waals surface area contributed by atoms with Crippen molar-refractivity contribution in [3.8, 4) is 0 Å². The largest absolute Gasteiger partial charge is 0.280 e. The molecule has 2 fully saturated rings. The predicted octanol–water partition coefficient (Wildman–Crippen LogP) is 5.37. The van der Waals surface area contributed by atoms with Gasteiger partial charge in [0, 0.05) is 12.6 Å². The van der Waals surface area contributed by atoms with Crippen molar-refractivity contribution in [2.24, 2.45) is 10.8 Å². The van der Waals surface area contributed by atoms with Crippen LogP contribution in [-0.2, 0) is 25.5 Å². The molecule has 186 valence electrons. The zero-order chi connectivity index (χ0) is 25.2. The lowest BCUT2D eigenvalue weighted by molar-refractivity contribution is 0.133. The Morgan fingerprint density at radius 2 is 1.56 bits per heavy atom. The van der Waals surface area contributed by atoms with Gasteiger partial charge in [0.05, 0.1) is 15.5 Å². The highest BCUT2D eigenvalue weighted by molar-refractivity contribution is 7.92. The first-order valence-electron chi connectivity index (χ1n) is 11.8. The van der Waals surface area contributed by atoms with E-state index in [0.717, 1.165) is 24.8 Å². The lowest BCUT2D eigenvalue weighted by Gasteiger charge is -2.39. The summed E-state index contributed by atoms with van der Waals surface area (Å²) >= 11 is 0. The number of fused-ring (bicyclic) bond motifs is 2.